The summed E-state index contributed by atoms with van der Waals surface area (Å²) in [6.07, 6.45) is 3.36. The van der Waals surface area contributed by atoms with Crippen molar-refractivity contribution >= 4 is 5.82 Å². The van der Waals surface area contributed by atoms with Gasteiger partial charge in [0, 0.05) is 43.7 Å². The van der Waals surface area contributed by atoms with Crippen LogP contribution in [-0.2, 0) is 11.3 Å². The third-order valence-electron chi connectivity index (χ3n) is 4.77. The molecule has 0 saturated carbocycles. The van der Waals surface area contributed by atoms with Crippen LogP contribution in [0.15, 0.2) is 36.7 Å². The summed E-state index contributed by atoms with van der Waals surface area (Å²) in [6.45, 7) is 4.98. The third kappa shape index (κ3) is 4.20. The second kappa shape index (κ2) is 8.82. The van der Waals surface area contributed by atoms with Crippen LogP contribution in [0.2, 0.25) is 0 Å². The van der Waals surface area contributed by atoms with E-state index in [1.165, 1.54) is 0 Å². The molecular weight excluding hydrogens is 382 g/mol. The molecule has 4 rings (SSSR count). The Balaban J connectivity index is 1.70. The Morgan fingerprint density at radius 1 is 1.13 bits per heavy atom. The standard InChI is InChI=1S/C21H21N7O2/c1-14-18(9-20(27-26-14)28-4-6-29-7-5-28)30-19-8-15(10-22)2-3-17(19)21-24-12-16(11-23)13-25-21/h2-3,8-9,12-13H,4-7,11,23H2,1H3. The summed E-state index contributed by atoms with van der Waals surface area (Å²) in [6, 6.07) is 9.15. The summed E-state index contributed by atoms with van der Waals surface area (Å²) in [4.78, 5) is 10.9. The Hall–Kier alpha value is -3.61. The first kappa shape index (κ1) is 19.7. The highest BCUT2D eigenvalue weighted by molar-refractivity contribution is 5.66. The van der Waals surface area contributed by atoms with E-state index in [0.29, 0.717) is 53.9 Å². The fourth-order valence-electron chi connectivity index (χ4n) is 3.06. The summed E-state index contributed by atoms with van der Waals surface area (Å²) >= 11 is 0. The zero-order valence-electron chi connectivity index (χ0n) is 16.6. The van der Waals surface area contributed by atoms with Gasteiger partial charge in [0.2, 0.25) is 0 Å². The van der Waals surface area contributed by atoms with Gasteiger partial charge in [0.05, 0.1) is 30.4 Å². The molecule has 0 atom stereocenters. The molecule has 2 aromatic heterocycles. The molecule has 9 heteroatoms. The van der Waals surface area contributed by atoms with E-state index in [0.717, 1.165) is 24.5 Å². The van der Waals surface area contributed by atoms with Crippen LogP contribution in [0, 0.1) is 18.3 Å². The third-order valence-corrected chi connectivity index (χ3v) is 4.77. The summed E-state index contributed by atoms with van der Waals surface area (Å²) in [5.41, 5.74) is 8.25. The average molecular weight is 403 g/mol. The maximum atomic E-state index is 9.34. The van der Waals surface area contributed by atoms with Crippen molar-refractivity contribution in [1.29, 1.82) is 5.26 Å². The van der Waals surface area contributed by atoms with Crippen molar-refractivity contribution in [2.45, 2.75) is 13.5 Å². The van der Waals surface area contributed by atoms with Gasteiger partial charge in [0.25, 0.3) is 0 Å². The van der Waals surface area contributed by atoms with E-state index >= 15 is 0 Å². The number of nitrogens with two attached hydrogens (primary N) is 1. The van der Waals surface area contributed by atoms with Gasteiger partial charge in [-0.15, -0.1) is 10.2 Å². The van der Waals surface area contributed by atoms with E-state index in [1.54, 1.807) is 30.6 Å². The molecule has 30 heavy (non-hydrogen) atoms. The molecule has 0 radical (unpaired) electrons. The van der Waals surface area contributed by atoms with Crippen LogP contribution < -0.4 is 15.4 Å². The molecular formula is C21H21N7O2. The van der Waals surface area contributed by atoms with Gasteiger partial charge in [-0.2, -0.15) is 5.26 Å². The first-order valence-electron chi connectivity index (χ1n) is 9.58. The van der Waals surface area contributed by atoms with Crippen LogP contribution in [0.1, 0.15) is 16.8 Å². The van der Waals surface area contributed by atoms with Crippen LogP contribution in [0.3, 0.4) is 0 Å². The summed E-state index contributed by atoms with van der Waals surface area (Å²) in [7, 11) is 0. The number of aromatic nitrogens is 4. The van der Waals surface area contributed by atoms with Gasteiger partial charge in [-0.3, -0.25) is 0 Å². The number of benzene rings is 1. The molecule has 1 aliphatic heterocycles. The smallest absolute Gasteiger partial charge is 0.162 e. The number of ether oxygens (including phenoxy) is 2. The number of hydrogen-bond donors (Lipinski definition) is 1. The number of nitriles is 1. The summed E-state index contributed by atoms with van der Waals surface area (Å²) in [5, 5.41) is 17.9. The van der Waals surface area contributed by atoms with Gasteiger partial charge in [-0.25, -0.2) is 9.97 Å². The van der Waals surface area contributed by atoms with Crippen LogP contribution in [0.5, 0.6) is 11.5 Å². The largest absolute Gasteiger partial charge is 0.454 e. The van der Waals surface area contributed by atoms with E-state index in [2.05, 4.69) is 31.1 Å². The molecule has 1 aliphatic rings. The van der Waals surface area contributed by atoms with E-state index in [4.69, 9.17) is 15.2 Å². The van der Waals surface area contributed by atoms with Gasteiger partial charge < -0.3 is 20.1 Å². The Morgan fingerprint density at radius 2 is 1.90 bits per heavy atom. The molecule has 0 unspecified atom stereocenters. The van der Waals surface area contributed by atoms with E-state index < -0.39 is 0 Å². The van der Waals surface area contributed by atoms with Crippen molar-refractivity contribution < 1.29 is 9.47 Å². The minimum Gasteiger partial charge on any atom is -0.454 e. The predicted molar refractivity (Wildman–Crippen MR) is 110 cm³/mol. The molecule has 1 aromatic carbocycles. The Morgan fingerprint density at radius 3 is 2.60 bits per heavy atom. The lowest BCUT2D eigenvalue weighted by Crippen LogP contribution is -2.36. The number of anilines is 1. The highest BCUT2D eigenvalue weighted by atomic mass is 16.5. The van der Waals surface area contributed by atoms with Gasteiger partial charge in [-0.1, -0.05) is 0 Å². The van der Waals surface area contributed by atoms with Crippen LogP contribution >= 0.6 is 0 Å². The zero-order chi connectivity index (χ0) is 20.9. The van der Waals surface area contributed by atoms with Gasteiger partial charge in [0.1, 0.15) is 11.4 Å². The minimum absolute atomic E-state index is 0.364. The monoisotopic (exact) mass is 403 g/mol. The molecule has 1 fully saturated rings. The van der Waals surface area contributed by atoms with Gasteiger partial charge >= 0.3 is 0 Å². The predicted octanol–water partition coefficient (Wildman–Crippen LogP) is 2.20. The second-order valence-corrected chi connectivity index (χ2v) is 6.80. The minimum atomic E-state index is 0.364. The Bertz CT molecular complexity index is 1070. The van der Waals surface area contributed by atoms with E-state index in [1.807, 2.05) is 13.0 Å². The molecule has 2 N–H and O–H groups in total. The number of nitrogens with zero attached hydrogens (tertiary/aromatic N) is 6. The molecule has 3 aromatic rings. The highest BCUT2D eigenvalue weighted by Crippen LogP contribution is 2.34. The molecule has 3 heterocycles. The molecule has 0 aliphatic carbocycles. The van der Waals surface area contributed by atoms with Gasteiger partial charge in [0.15, 0.2) is 17.4 Å². The van der Waals surface area contributed by atoms with Crippen LogP contribution in [0.4, 0.5) is 5.82 Å². The molecule has 0 bridgehead atoms. The lowest BCUT2D eigenvalue weighted by Gasteiger charge is -2.27. The maximum absolute atomic E-state index is 9.34. The van der Waals surface area contributed by atoms with Crippen LogP contribution in [0.25, 0.3) is 11.4 Å². The van der Waals surface area contributed by atoms with Gasteiger partial charge in [-0.05, 0) is 25.1 Å². The van der Waals surface area contributed by atoms with Crippen molar-refractivity contribution in [2.75, 3.05) is 31.2 Å². The maximum Gasteiger partial charge on any atom is 0.162 e. The van der Waals surface area contributed by atoms with E-state index in [-0.39, 0.29) is 0 Å². The number of aryl methyl sites for hydroxylation is 1. The fourth-order valence-corrected chi connectivity index (χ4v) is 3.06. The molecule has 0 amide bonds. The first-order valence-corrected chi connectivity index (χ1v) is 9.58. The summed E-state index contributed by atoms with van der Waals surface area (Å²) in [5.74, 6) is 2.24. The zero-order valence-corrected chi connectivity index (χ0v) is 16.6. The lowest BCUT2D eigenvalue weighted by atomic mass is 10.1. The van der Waals surface area contributed by atoms with Crippen molar-refractivity contribution in [3.05, 3.63) is 53.5 Å². The SMILES string of the molecule is Cc1nnc(N2CCOCC2)cc1Oc1cc(C#N)ccc1-c1ncc(CN)cn1. The molecule has 152 valence electrons. The van der Waals surface area contributed by atoms with Crippen molar-refractivity contribution in [3.8, 4) is 29.0 Å². The topological polar surface area (TPSA) is 123 Å². The van der Waals surface area contributed by atoms with Crippen molar-refractivity contribution in [1.82, 2.24) is 20.2 Å². The first-order chi connectivity index (χ1) is 14.7. The second-order valence-electron chi connectivity index (χ2n) is 6.80. The quantitative estimate of drug-likeness (QED) is 0.683. The highest BCUT2D eigenvalue weighted by Gasteiger charge is 2.17. The van der Waals surface area contributed by atoms with Crippen LogP contribution in [-0.4, -0.2) is 46.5 Å². The Kier molecular flexibility index (Phi) is 5.79. The van der Waals surface area contributed by atoms with Crippen molar-refractivity contribution in [3.63, 3.8) is 0 Å². The number of morpholine rings is 1. The number of hydrogen-bond acceptors (Lipinski definition) is 9. The Labute approximate surface area is 174 Å². The average Bonchev–Trinajstić information content (AvgIpc) is 2.81. The lowest BCUT2D eigenvalue weighted by molar-refractivity contribution is 0.122. The van der Waals surface area contributed by atoms with E-state index in [9.17, 15) is 5.26 Å². The normalized spacial score (nSPS) is 13.7. The van der Waals surface area contributed by atoms with Crippen molar-refractivity contribution in [2.24, 2.45) is 5.73 Å². The molecule has 1 saturated heterocycles. The summed E-state index contributed by atoms with van der Waals surface area (Å²) < 4.78 is 11.6. The fraction of sp³-hybridized carbons (Fsp3) is 0.286. The molecule has 9 nitrogen and oxygen atoms in total. The molecule has 0 spiro atoms. The number of rotatable bonds is 5.